The minimum absolute atomic E-state index is 0.141. The minimum atomic E-state index is -2.83. The molecule has 5 heterocycles. The van der Waals surface area contributed by atoms with Gasteiger partial charge in [-0.25, -0.2) is 14.1 Å². The van der Waals surface area contributed by atoms with Crippen LogP contribution in [0, 0.1) is 5.82 Å². The van der Waals surface area contributed by atoms with Gasteiger partial charge in [-0.2, -0.15) is 13.9 Å². The highest BCUT2D eigenvalue weighted by Gasteiger charge is 2.41. The van der Waals surface area contributed by atoms with E-state index in [1.165, 1.54) is 54.2 Å². The summed E-state index contributed by atoms with van der Waals surface area (Å²) in [4.78, 5) is 28.2. The molecule has 198 valence electrons. The van der Waals surface area contributed by atoms with Crippen molar-refractivity contribution in [1.29, 1.82) is 0 Å². The molecule has 0 bridgehead atoms. The number of benzene rings is 1. The summed E-state index contributed by atoms with van der Waals surface area (Å²) in [7, 11) is 0. The normalized spacial score (nSPS) is 18.9. The number of hydrogen-bond acceptors (Lipinski definition) is 7. The number of carbonyl (C=O) groups excluding carboxylic acids is 1. The van der Waals surface area contributed by atoms with Crippen LogP contribution in [0.5, 0.6) is 0 Å². The van der Waals surface area contributed by atoms with Crippen LogP contribution in [0.15, 0.2) is 77.3 Å². The van der Waals surface area contributed by atoms with Gasteiger partial charge in [0.2, 0.25) is 0 Å². The van der Waals surface area contributed by atoms with E-state index >= 15 is 0 Å². The molecule has 1 amide bonds. The van der Waals surface area contributed by atoms with Crippen molar-refractivity contribution in [3.05, 3.63) is 105 Å². The van der Waals surface area contributed by atoms with Gasteiger partial charge in [0.1, 0.15) is 11.9 Å². The highest BCUT2D eigenvalue weighted by molar-refractivity contribution is 7.11. The van der Waals surface area contributed by atoms with E-state index in [-0.39, 0.29) is 22.7 Å². The topological polar surface area (TPSA) is 88.3 Å². The smallest absolute Gasteiger partial charge is 0.333 e. The van der Waals surface area contributed by atoms with Crippen molar-refractivity contribution in [3.63, 3.8) is 0 Å². The Morgan fingerprint density at radius 3 is 2.67 bits per heavy atom. The molecule has 13 heteroatoms. The second-order valence-electron chi connectivity index (χ2n) is 8.90. The van der Waals surface area contributed by atoms with E-state index in [0.29, 0.717) is 45.2 Å². The number of amides is 1. The third-order valence-electron chi connectivity index (χ3n) is 6.50. The van der Waals surface area contributed by atoms with Crippen LogP contribution in [-0.2, 0) is 0 Å². The van der Waals surface area contributed by atoms with E-state index in [1.807, 2.05) is 10.3 Å². The number of hydrogen-bond donors (Lipinski definition) is 1. The molecular formula is C26H19ClF3N7OS. The highest BCUT2D eigenvalue weighted by atomic mass is 35.5. The minimum Gasteiger partial charge on any atom is -0.347 e. The van der Waals surface area contributed by atoms with Crippen molar-refractivity contribution in [2.75, 3.05) is 6.54 Å². The maximum absolute atomic E-state index is 14.0. The molecule has 0 spiro atoms. The third-order valence-corrected chi connectivity index (χ3v) is 7.60. The molecule has 6 rings (SSSR count). The molecule has 0 radical (unpaired) electrons. The molecule has 0 unspecified atom stereocenters. The van der Waals surface area contributed by atoms with Crippen LogP contribution in [0.25, 0.3) is 5.57 Å². The average molecular weight is 570 g/mol. The summed E-state index contributed by atoms with van der Waals surface area (Å²) < 4.78 is 41.5. The van der Waals surface area contributed by atoms with Crippen LogP contribution in [0.1, 0.15) is 45.6 Å². The summed E-state index contributed by atoms with van der Waals surface area (Å²) in [6.45, 7) is -2.46. The number of amidine groups is 1. The Morgan fingerprint density at radius 1 is 1.15 bits per heavy atom. The van der Waals surface area contributed by atoms with Gasteiger partial charge < -0.3 is 10.2 Å². The molecule has 1 saturated heterocycles. The zero-order valence-corrected chi connectivity index (χ0v) is 21.6. The van der Waals surface area contributed by atoms with Crippen LogP contribution < -0.4 is 5.32 Å². The van der Waals surface area contributed by atoms with Crippen molar-refractivity contribution in [1.82, 2.24) is 30.0 Å². The Labute approximate surface area is 229 Å². The van der Waals surface area contributed by atoms with Gasteiger partial charge in [-0.05, 0) is 30.3 Å². The van der Waals surface area contributed by atoms with E-state index in [1.54, 1.807) is 18.3 Å². The Morgan fingerprint density at radius 2 is 1.97 bits per heavy atom. The Hall–Kier alpha value is -4.03. The first-order valence-corrected chi connectivity index (χ1v) is 13.1. The van der Waals surface area contributed by atoms with Crippen molar-refractivity contribution in [2.45, 2.75) is 25.1 Å². The molecule has 2 aliphatic rings. The lowest BCUT2D eigenvalue weighted by Gasteiger charge is -2.32. The number of pyridine rings is 1. The summed E-state index contributed by atoms with van der Waals surface area (Å²) >= 11 is 7.87. The molecule has 2 aliphatic heterocycles. The van der Waals surface area contributed by atoms with Gasteiger partial charge in [0.05, 0.1) is 11.7 Å². The average Bonchev–Trinajstić information content (AvgIpc) is 3.69. The molecule has 0 aliphatic carbocycles. The Balaban J connectivity index is 1.48. The lowest BCUT2D eigenvalue weighted by Crippen LogP contribution is -2.39. The zero-order valence-electron chi connectivity index (χ0n) is 20.0. The molecule has 0 saturated carbocycles. The van der Waals surface area contributed by atoms with Gasteiger partial charge >= 0.3 is 6.55 Å². The van der Waals surface area contributed by atoms with Crippen LogP contribution >= 0.6 is 22.9 Å². The number of halogens is 4. The fourth-order valence-electron chi connectivity index (χ4n) is 4.82. The Bertz CT molecular complexity index is 1590. The van der Waals surface area contributed by atoms with Gasteiger partial charge in [0, 0.05) is 70.6 Å². The van der Waals surface area contributed by atoms with Crippen LogP contribution in [0.2, 0.25) is 5.02 Å². The molecule has 2 atom stereocenters. The van der Waals surface area contributed by atoms with Crippen molar-refractivity contribution in [2.24, 2.45) is 4.99 Å². The first kappa shape index (κ1) is 25.3. The summed E-state index contributed by atoms with van der Waals surface area (Å²) in [5.74, 6) is -0.235. The number of thiazole rings is 1. The second-order valence-corrected chi connectivity index (χ2v) is 10.2. The number of alkyl halides is 2. The van der Waals surface area contributed by atoms with E-state index in [0.717, 1.165) is 5.70 Å². The number of nitrogens with zero attached hydrogens (tertiary/aromatic N) is 6. The SMILES string of the molecule is O=C(N[C@H]1CC2=C(c3ccn(C(F)F)n3)[C@H](c3ccc(F)cc3Cl)N=C(c3nccs3)N2C1)c1ccncc1. The van der Waals surface area contributed by atoms with E-state index in [2.05, 4.69) is 20.4 Å². The fraction of sp³-hybridized carbons (Fsp3) is 0.192. The molecule has 1 aromatic carbocycles. The van der Waals surface area contributed by atoms with E-state index in [9.17, 15) is 18.0 Å². The standard InChI is InChI=1S/C26H19ClF3N7OS/c27-18-11-15(28)1-2-17(18)22-21(19-5-9-37(35-19)26(29)30)20-12-16(33-24(38)14-3-6-31-7-4-14)13-36(20)23(34-22)25-32-8-10-39-25/h1-11,16,22,26H,12-13H2,(H,33,38)/t16-,22-/m0/s1. The maximum Gasteiger partial charge on any atom is 0.333 e. The van der Waals surface area contributed by atoms with Gasteiger partial charge in [-0.1, -0.05) is 17.7 Å². The van der Waals surface area contributed by atoms with Crippen molar-refractivity contribution in [3.8, 4) is 0 Å². The second kappa shape index (κ2) is 10.3. The van der Waals surface area contributed by atoms with Crippen molar-refractivity contribution < 1.29 is 18.0 Å². The first-order valence-electron chi connectivity index (χ1n) is 11.9. The molecular weight excluding hydrogens is 551 g/mol. The number of rotatable bonds is 6. The number of fused-ring (bicyclic) bond motifs is 1. The molecule has 4 aromatic rings. The highest BCUT2D eigenvalue weighted by Crippen LogP contribution is 2.46. The van der Waals surface area contributed by atoms with Gasteiger partial charge in [0.25, 0.3) is 5.91 Å². The quantitative estimate of drug-likeness (QED) is 0.339. The summed E-state index contributed by atoms with van der Waals surface area (Å²) in [5, 5.41) is 9.77. The Kier molecular flexibility index (Phi) is 6.65. The van der Waals surface area contributed by atoms with Crippen LogP contribution in [0.4, 0.5) is 13.2 Å². The van der Waals surface area contributed by atoms with Gasteiger partial charge in [0.15, 0.2) is 10.8 Å². The van der Waals surface area contributed by atoms with Crippen molar-refractivity contribution >= 4 is 40.3 Å². The summed E-state index contributed by atoms with van der Waals surface area (Å²) in [5.41, 5.74) is 2.52. The number of nitrogens with one attached hydrogen (secondary N) is 1. The van der Waals surface area contributed by atoms with Crippen LogP contribution in [-0.4, -0.2) is 49.0 Å². The summed E-state index contributed by atoms with van der Waals surface area (Å²) in [6, 6.07) is 7.61. The number of carbonyl (C=O) groups is 1. The lowest BCUT2D eigenvalue weighted by molar-refractivity contribution is 0.0564. The fourth-order valence-corrected chi connectivity index (χ4v) is 5.73. The van der Waals surface area contributed by atoms with Crippen LogP contribution in [0.3, 0.4) is 0 Å². The predicted octanol–water partition coefficient (Wildman–Crippen LogP) is 5.34. The monoisotopic (exact) mass is 569 g/mol. The maximum atomic E-state index is 14.0. The number of aliphatic imine (C=N–C) groups is 1. The molecule has 1 N–H and O–H groups in total. The lowest BCUT2D eigenvalue weighted by atomic mass is 9.92. The predicted molar refractivity (Wildman–Crippen MR) is 140 cm³/mol. The first-order chi connectivity index (χ1) is 18.9. The van der Waals surface area contributed by atoms with Gasteiger partial charge in [-0.3, -0.25) is 14.8 Å². The van der Waals surface area contributed by atoms with E-state index < -0.39 is 18.4 Å². The van der Waals surface area contributed by atoms with Gasteiger partial charge in [-0.15, -0.1) is 11.3 Å². The summed E-state index contributed by atoms with van der Waals surface area (Å²) in [6.07, 6.45) is 6.30. The molecule has 1 fully saturated rings. The van der Waals surface area contributed by atoms with E-state index in [4.69, 9.17) is 16.6 Å². The molecule has 3 aromatic heterocycles. The number of aromatic nitrogens is 4. The molecule has 8 nitrogen and oxygen atoms in total. The zero-order chi connectivity index (χ0) is 27.1. The third kappa shape index (κ3) is 4.81. The molecule has 39 heavy (non-hydrogen) atoms. The largest absolute Gasteiger partial charge is 0.347 e.